The summed E-state index contributed by atoms with van der Waals surface area (Å²) in [5.74, 6) is -0.285. The van der Waals surface area contributed by atoms with Crippen molar-refractivity contribution < 1.29 is 17.6 Å². The fourth-order valence-corrected chi connectivity index (χ4v) is 4.96. The molecule has 0 bridgehead atoms. The van der Waals surface area contributed by atoms with Gasteiger partial charge in [-0.25, -0.2) is 9.07 Å². The number of alkyl halides is 3. The summed E-state index contributed by atoms with van der Waals surface area (Å²) in [6.07, 6.45) is -0.670. The largest absolute Gasteiger partial charge is 0.418 e. The van der Waals surface area contributed by atoms with Crippen LogP contribution < -0.4 is 5.56 Å². The predicted molar refractivity (Wildman–Crippen MR) is 117 cm³/mol. The molecule has 2 heterocycles. The third-order valence-corrected chi connectivity index (χ3v) is 6.50. The number of nitrogens with zero attached hydrogens (tertiary/aromatic N) is 3. The Kier molecular flexibility index (Phi) is 6.56. The SMILES string of the molecule is Cc1cccc(F)c1C1CCC(c2cc(Cl)nn(Cc3ncccc3C(F)(F)F)c2=O)CC1. The summed E-state index contributed by atoms with van der Waals surface area (Å²) in [6.45, 7) is 1.45. The smallest absolute Gasteiger partial charge is 0.267 e. The van der Waals surface area contributed by atoms with Crippen LogP contribution in [0.3, 0.4) is 0 Å². The molecule has 0 amide bonds. The van der Waals surface area contributed by atoms with Crippen molar-refractivity contribution in [3.63, 3.8) is 0 Å². The molecule has 0 unspecified atom stereocenters. The zero-order chi connectivity index (χ0) is 23.8. The molecule has 174 valence electrons. The lowest BCUT2D eigenvalue weighted by Gasteiger charge is -2.30. The summed E-state index contributed by atoms with van der Waals surface area (Å²) in [5.41, 5.74) is 0.346. The molecule has 1 aliphatic carbocycles. The van der Waals surface area contributed by atoms with E-state index in [1.165, 1.54) is 24.4 Å². The standard InChI is InChI=1S/C24H22ClF4N3O/c1-14-4-2-6-19(26)22(14)16-9-7-15(8-10-16)17-12-21(25)31-32(23(17)33)13-20-18(24(27,28)29)5-3-11-30-20/h2-6,11-12,15-16H,7-10,13H2,1H3. The minimum Gasteiger partial charge on any atom is -0.267 e. The molecule has 0 spiro atoms. The van der Waals surface area contributed by atoms with Crippen molar-refractivity contribution in [3.8, 4) is 0 Å². The van der Waals surface area contributed by atoms with E-state index in [0.29, 0.717) is 31.2 Å². The highest BCUT2D eigenvalue weighted by molar-refractivity contribution is 6.29. The van der Waals surface area contributed by atoms with Gasteiger partial charge in [0.15, 0.2) is 0 Å². The van der Waals surface area contributed by atoms with Gasteiger partial charge in [0.2, 0.25) is 0 Å². The Morgan fingerprint density at radius 2 is 1.79 bits per heavy atom. The van der Waals surface area contributed by atoms with Crippen LogP contribution >= 0.6 is 11.6 Å². The maximum atomic E-state index is 14.4. The Balaban J connectivity index is 1.59. The van der Waals surface area contributed by atoms with Gasteiger partial charge in [-0.15, -0.1) is 0 Å². The van der Waals surface area contributed by atoms with E-state index in [4.69, 9.17) is 11.6 Å². The summed E-state index contributed by atoms with van der Waals surface area (Å²) >= 11 is 6.14. The van der Waals surface area contributed by atoms with E-state index < -0.39 is 23.8 Å². The number of halogens is 5. The van der Waals surface area contributed by atoms with Gasteiger partial charge in [-0.2, -0.15) is 18.3 Å². The van der Waals surface area contributed by atoms with E-state index in [1.807, 2.05) is 13.0 Å². The summed E-state index contributed by atoms with van der Waals surface area (Å²) < 4.78 is 55.3. The number of aromatic nitrogens is 3. The summed E-state index contributed by atoms with van der Waals surface area (Å²) in [6, 6.07) is 8.64. The van der Waals surface area contributed by atoms with Crippen molar-refractivity contribution in [3.05, 3.63) is 91.9 Å². The van der Waals surface area contributed by atoms with Gasteiger partial charge < -0.3 is 0 Å². The monoisotopic (exact) mass is 479 g/mol. The van der Waals surface area contributed by atoms with Crippen molar-refractivity contribution in [1.29, 1.82) is 0 Å². The van der Waals surface area contributed by atoms with Crippen LogP contribution in [0, 0.1) is 12.7 Å². The van der Waals surface area contributed by atoms with Gasteiger partial charge >= 0.3 is 6.18 Å². The summed E-state index contributed by atoms with van der Waals surface area (Å²) in [4.78, 5) is 16.9. The third kappa shape index (κ3) is 4.95. The van der Waals surface area contributed by atoms with E-state index in [9.17, 15) is 22.4 Å². The van der Waals surface area contributed by atoms with Crippen LogP contribution in [0.2, 0.25) is 5.15 Å². The number of rotatable bonds is 4. The van der Waals surface area contributed by atoms with Gasteiger partial charge in [-0.1, -0.05) is 23.7 Å². The van der Waals surface area contributed by atoms with Gasteiger partial charge in [-0.05, 0) is 79.8 Å². The highest BCUT2D eigenvalue weighted by Gasteiger charge is 2.34. The van der Waals surface area contributed by atoms with E-state index in [0.717, 1.165) is 21.9 Å². The van der Waals surface area contributed by atoms with Gasteiger partial charge in [0.25, 0.3) is 5.56 Å². The molecule has 1 aliphatic rings. The molecule has 0 radical (unpaired) electrons. The van der Waals surface area contributed by atoms with Gasteiger partial charge in [0.05, 0.1) is 17.8 Å². The molecule has 4 nitrogen and oxygen atoms in total. The van der Waals surface area contributed by atoms with Crippen molar-refractivity contribution in [2.45, 2.75) is 57.2 Å². The lowest BCUT2D eigenvalue weighted by molar-refractivity contribution is -0.138. The van der Waals surface area contributed by atoms with Gasteiger partial charge in [-0.3, -0.25) is 9.78 Å². The first-order valence-corrected chi connectivity index (χ1v) is 11.1. The topological polar surface area (TPSA) is 47.8 Å². The highest BCUT2D eigenvalue weighted by atomic mass is 35.5. The van der Waals surface area contributed by atoms with E-state index in [-0.39, 0.29) is 28.5 Å². The molecule has 2 aromatic heterocycles. The van der Waals surface area contributed by atoms with Crippen LogP contribution in [-0.2, 0) is 12.7 Å². The Bertz CT molecular complexity index is 1200. The molecule has 3 aromatic rings. The zero-order valence-corrected chi connectivity index (χ0v) is 18.6. The Morgan fingerprint density at radius 1 is 1.09 bits per heavy atom. The zero-order valence-electron chi connectivity index (χ0n) is 17.9. The second-order valence-electron chi connectivity index (χ2n) is 8.40. The van der Waals surface area contributed by atoms with Crippen molar-refractivity contribution >= 4 is 11.6 Å². The Labute approximate surface area is 193 Å². The summed E-state index contributed by atoms with van der Waals surface area (Å²) in [5, 5.41) is 3.97. The first-order valence-electron chi connectivity index (χ1n) is 10.7. The summed E-state index contributed by atoms with van der Waals surface area (Å²) in [7, 11) is 0. The van der Waals surface area contributed by atoms with E-state index in [2.05, 4.69) is 10.1 Å². The van der Waals surface area contributed by atoms with Crippen LogP contribution in [0.25, 0.3) is 0 Å². The van der Waals surface area contributed by atoms with Crippen molar-refractivity contribution in [1.82, 2.24) is 14.8 Å². The molecule has 4 rings (SSSR count). The first kappa shape index (κ1) is 23.4. The average Bonchev–Trinajstić information content (AvgIpc) is 2.76. The van der Waals surface area contributed by atoms with Crippen LogP contribution in [0.1, 0.15) is 65.5 Å². The molecule has 0 N–H and O–H groups in total. The Morgan fingerprint density at radius 3 is 2.45 bits per heavy atom. The molecular weight excluding hydrogens is 458 g/mol. The Hall–Kier alpha value is -2.74. The number of hydrogen-bond donors (Lipinski definition) is 0. The quantitative estimate of drug-likeness (QED) is 0.416. The number of hydrogen-bond acceptors (Lipinski definition) is 3. The second kappa shape index (κ2) is 9.25. The fraction of sp³-hybridized carbons (Fsp3) is 0.375. The lowest BCUT2D eigenvalue weighted by Crippen LogP contribution is -2.30. The normalized spacial score (nSPS) is 19.0. The fourth-order valence-electron chi connectivity index (χ4n) is 4.75. The molecule has 1 saturated carbocycles. The van der Waals surface area contributed by atoms with Crippen LogP contribution in [0.4, 0.5) is 17.6 Å². The number of benzene rings is 1. The lowest BCUT2D eigenvalue weighted by atomic mass is 9.75. The molecule has 0 atom stereocenters. The molecule has 1 aromatic carbocycles. The maximum absolute atomic E-state index is 14.4. The minimum absolute atomic E-state index is 0.0289. The predicted octanol–water partition coefficient (Wildman–Crippen LogP) is 6.25. The number of aryl methyl sites for hydroxylation is 1. The van der Waals surface area contributed by atoms with Gasteiger partial charge in [0, 0.05) is 11.8 Å². The first-order chi connectivity index (χ1) is 15.6. The third-order valence-electron chi connectivity index (χ3n) is 6.31. The molecule has 0 saturated heterocycles. The van der Waals surface area contributed by atoms with Crippen LogP contribution in [0.5, 0.6) is 0 Å². The van der Waals surface area contributed by atoms with Crippen LogP contribution in [0.15, 0.2) is 47.4 Å². The average molecular weight is 480 g/mol. The molecule has 33 heavy (non-hydrogen) atoms. The number of pyridine rings is 1. The van der Waals surface area contributed by atoms with Gasteiger partial charge in [0.1, 0.15) is 11.0 Å². The van der Waals surface area contributed by atoms with Crippen molar-refractivity contribution in [2.24, 2.45) is 0 Å². The maximum Gasteiger partial charge on any atom is 0.418 e. The van der Waals surface area contributed by atoms with Crippen molar-refractivity contribution in [2.75, 3.05) is 0 Å². The highest BCUT2D eigenvalue weighted by Crippen LogP contribution is 2.41. The molecular formula is C24H22ClF4N3O. The van der Waals surface area contributed by atoms with Crippen LogP contribution in [-0.4, -0.2) is 14.8 Å². The van der Waals surface area contributed by atoms with E-state index in [1.54, 1.807) is 6.07 Å². The molecule has 0 aliphatic heterocycles. The minimum atomic E-state index is -4.60. The van der Waals surface area contributed by atoms with E-state index >= 15 is 0 Å². The molecule has 1 fully saturated rings. The molecule has 9 heteroatoms. The second-order valence-corrected chi connectivity index (χ2v) is 8.79.